The van der Waals surface area contributed by atoms with E-state index in [4.69, 9.17) is 18.8 Å². The average Bonchev–Trinajstić information content (AvgIpc) is 3.79. The largest absolute Gasteiger partial charge is 0.456 e. The van der Waals surface area contributed by atoms with Gasteiger partial charge < -0.3 is 8.83 Å². The van der Waals surface area contributed by atoms with Crippen LogP contribution in [0.4, 0.5) is 0 Å². The van der Waals surface area contributed by atoms with Gasteiger partial charge >= 0.3 is 0 Å². The van der Waals surface area contributed by atoms with Crippen LogP contribution in [0.25, 0.3) is 76.5 Å². The summed E-state index contributed by atoms with van der Waals surface area (Å²) >= 11 is 0. The number of fused-ring (bicyclic) bond motifs is 9. The maximum Gasteiger partial charge on any atom is 0.162 e. The molecular weight excluding hydrogens is 651 g/mol. The summed E-state index contributed by atoms with van der Waals surface area (Å²) in [6.07, 6.45) is 0. The van der Waals surface area contributed by atoms with Crippen LogP contribution in [-0.2, 0) is 6.54 Å². The molecule has 8 aromatic carbocycles. The van der Waals surface area contributed by atoms with E-state index in [9.17, 15) is 0 Å². The van der Waals surface area contributed by atoms with Crippen LogP contribution >= 0.6 is 0 Å². The number of hydrogen-bond donors (Lipinski definition) is 0. The van der Waals surface area contributed by atoms with Crippen molar-refractivity contribution < 1.29 is 8.83 Å². The molecule has 0 aliphatic carbocycles. The molecule has 5 nitrogen and oxygen atoms in total. The van der Waals surface area contributed by atoms with Gasteiger partial charge in [0, 0.05) is 38.1 Å². The van der Waals surface area contributed by atoms with E-state index in [1.165, 1.54) is 10.8 Å². The Morgan fingerprint density at radius 3 is 2.11 bits per heavy atom. The van der Waals surface area contributed by atoms with Crippen LogP contribution < -0.4 is 0 Å². The molecule has 10 aromatic rings. The third kappa shape index (κ3) is 5.29. The zero-order valence-electron chi connectivity index (χ0n) is 28.7. The number of furan rings is 2. The second-order valence-electron chi connectivity index (χ2n) is 13.2. The summed E-state index contributed by atoms with van der Waals surface area (Å²) < 4.78 is 13.0. The van der Waals surface area contributed by atoms with Crippen LogP contribution in [0.1, 0.15) is 16.7 Å². The first-order valence-corrected chi connectivity index (χ1v) is 17.6. The molecule has 10 rings (SSSR count). The van der Waals surface area contributed by atoms with E-state index < -0.39 is 0 Å². The van der Waals surface area contributed by atoms with Crippen molar-refractivity contribution in [3.05, 3.63) is 180 Å². The monoisotopic (exact) mass is 681 g/mol. The highest BCUT2D eigenvalue weighted by molar-refractivity contribution is 6.25. The summed E-state index contributed by atoms with van der Waals surface area (Å²) in [6.45, 7) is 4.52. The normalized spacial score (nSPS) is 12.5. The Labute approximate surface area is 304 Å². The van der Waals surface area contributed by atoms with E-state index in [-0.39, 0.29) is 0 Å². The maximum atomic E-state index is 6.62. The van der Waals surface area contributed by atoms with Gasteiger partial charge in [0.1, 0.15) is 22.3 Å². The van der Waals surface area contributed by atoms with E-state index >= 15 is 0 Å². The third-order valence-corrected chi connectivity index (χ3v) is 10.1. The molecule has 0 amide bonds. The smallest absolute Gasteiger partial charge is 0.162 e. The summed E-state index contributed by atoms with van der Waals surface area (Å²) in [6, 6.07) is 56.1. The van der Waals surface area contributed by atoms with Crippen LogP contribution in [0.2, 0.25) is 0 Å². The zero-order valence-corrected chi connectivity index (χ0v) is 28.7. The highest BCUT2D eigenvalue weighted by atomic mass is 16.3. The highest BCUT2D eigenvalue weighted by Gasteiger charge is 2.22. The Morgan fingerprint density at radius 2 is 1.25 bits per heavy atom. The molecular formula is C48H31N3O2. The SMILES string of the molecule is C=N/C(=N\C(=N/Cc1ccc2ccccc2c1)c1ccccc1)c1c(-c2ccc3c(c2)oc2c4ccccc4ccc32)ccc2oc3ccccc3c12. The molecule has 2 aromatic heterocycles. The molecule has 0 atom stereocenters. The summed E-state index contributed by atoms with van der Waals surface area (Å²) in [4.78, 5) is 15.0. The van der Waals surface area contributed by atoms with Gasteiger partial charge in [0.2, 0.25) is 0 Å². The van der Waals surface area contributed by atoms with Crippen molar-refractivity contribution in [3.8, 4) is 11.1 Å². The predicted octanol–water partition coefficient (Wildman–Crippen LogP) is 12.6. The zero-order chi connectivity index (χ0) is 35.3. The Bertz CT molecular complexity index is 3110. The minimum absolute atomic E-state index is 0.450. The van der Waals surface area contributed by atoms with Gasteiger partial charge in [-0.3, -0.25) is 4.99 Å². The predicted molar refractivity (Wildman–Crippen MR) is 221 cm³/mol. The molecule has 0 saturated carbocycles. The molecule has 250 valence electrons. The van der Waals surface area contributed by atoms with Crippen LogP contribution in [-0.4, -0.2) is 18.4 Å². The fraction of sp³-hybridized carbons (Fsp3) is 0.0208. The lowest BCUT2D eigenvalue weighted by molar-refractivity contribution is 0.669. The van der Waals surface area contributed by atoms with Crippen LogP contribution in [0.15, 0.2) is 188 Å². The van der Waals surface area contributed by atoms with Crippen molar-refractivity contribution >= 4 is 83.8 Å². The Morgan fingerprint density at radius 1 is 0.509 bits per heavy atom. The molecule has 0 N–H and O–H groups in total. The van der Waals surface area contributed by atoms with Crippen LogP contribution in [0.3, 0.4) is 0 Å². The number of rotatable bonds is 5. The molecule has 0 saturated heterocycles. The topological polar surface area (TPSA) is 63.4 Å². The Kier molecular flexibility index (Phi) is 7.29. The Hall–Kier alpha value is -7.11. The van der Waals surface area contributed by atoms with Crippen molar-refractivity contribution in [2.75, 3.05) is 0 Å². The number of para-hydroxylation sites is 1. The van der Waals surface area contributed by atoms with Gasteiger partial charge in [-0.2, -0.15) is 0 Å². The van der Waals surface area contributed by atoms with Gasteiger partial charge in [-0.05, 0) is 82.0 Å². The molecule has 0 unspecified atom stereocenters. The van der Waals surface area contributed by atoms with Crippen LogP contribution in [0.5, 0.6) is 0 Å². The van der Waals surface area contributed by atoms with E-state index in [1.807, 2.05) is 54.6 Å². The van der Waals surface area contributed by atoms with E-state index in [1.54, 1.807) is 0 Å². The van der Waals surface area contributed by atoms with Crippen molar-refractivity contribution in [1.82, 2.24) is 0 Å². The molecule has 5 heteroatoms. The molecule has 0 aliphatic heterocycles. The first-order valence-electron chi connectivity index (χ1n) is 17.6. The van der Waals surface area contributed by atoms with Crippen LogP contribution in [0, 0.1) is 0 Å². The van der Waals surface area contributed by atoms with Gasteiger partial charge in [-0.1, -0.05) is 121 Å². The summed E-state index contributed by atoms with van der Waals surface area (Å²) in [5, 5.41) is 8.66. The molecule has 0 spiro atoms. The number of amidine groups is 2. The molecule has 0 fully saturated rings. The Balaban J connectivity index is 1.18. The third-order valence-electron chi connectivity index (χ3n) is 10.1. The standard InChI is InChI=1S/C48H31N3O2/c1-49-48(51-47(33-13-3-2-4-14-33)50-29-30-19-20-31-11-5-6-15-34(31)27-30)45-36(25-26-42-44(45)40-17-9-10-18-41(40)52-42)35-22-23-38-39-24-21-32-12-7-8-16-37(32)46(39)53-43(38)28-35/h2-28H,1,29H2/b50-47-,51-48-. The minimum atomic E-state index is 0.450. The van der Waals surface area contributed by atoms with Gasteiger partial charge in [0.15, 0.2) is 11.7 Å². The summed E-state index contributed by atoms with van der Waals surface area (Å²) in [5.41, 5.74) is 7.92. The second kappa shape index (κ2) is 12.6. The van der Waals surface area contributed by atoms with Gasteiger partial charge in [-0.25, -0.2) is 9.98 Å². The number of hydrogen-bond acceptors (Lipinski definition) is 3. The summed E-state index contributed by atoms with van der Waals surface area (Å²) in [7, 11) is 0. The maximum absolute atomic E-state index is 6.62. The van der Waals surface area contributed by atoms with Crippen molar-refractivity contribution in [1.29, 1.82) is 0 Å². The fourth-order valence-corrected chi connectivity index (χ4v) is 7.51. The fourth-order valence-electron chi connectivity index (χ4n) is 7.51. The molecule has 0 bridgehead atoms. The quantitative estimate of drug-likeness (QED) is 0.134. The van der Waals surface area contributed by atoms with Gasteiger partial charge in [-0.15, -0.1) is 0 Å². The lowest BCUT2D eigenvalue weighted by Gasteiger charge is -2.13. The minimum Gasteiger partial charge on any atom is -0.456 e. The van der Waals surface area contributed by atoms with Gasteiger partial charge in [0.05, 0.1) is 6.54 Å². The molecule has 2 heterocycles. The van der Waals surface area contributed by atoms with E-state index in [0.29, 0.717) is 18.2 Å². The first-order chi connectivity index (χ1) is 26.2. The first kappa shape index (κ1) is 30.7. The van der Waals surface area contributed by atoms with E-state index in [0.717, 1.165) is 82.5 Å². The second-order valence-corrected chi connectivity index (χ2v) is 13.2. The van der Waals surface area contributed by atoms with E-state index in [2.05, 4.69) is 121 Å². The number of aliphatic imine (C=N–C) groups is 3. The molecule has 0 aliphatic rings. The van der Waals surface area contributed by atoms with Crippen molar-refractivity contribution in [2.45, 2.75) is 6.54 Å². The van der Waals surface area contributed by atoms with Crippen molar-refractivity contribution in [2.24, 2.45) is 15.0 Å². The lowest BCUT2D eigenvalue weighted by atomic mass is 9.93. The number of benzene rings is 8. The summed E-state index contributed by atoms with van der Waals surface area (Å²) in [5.74, 6) is 1.02. The number of nitrogens with zero attached hydrogens (tertiary/aromatic N) is 3. The molecule has 0 radical (unpaired) electrons. The molecule has 53 heavy (non-hydrogen) atoms. The average molecular weight is 682 g/mol. The highest BCUT2D eigenvalue weighted by Crippen LogP contribution is 2.40. The van der Waals surface area contributed by atoms with Gasteiger partial charge in [0.25, 0.3) is 0 Å². The lowest BCUT2D eigenvalue weighted by Crippen LogP contribution is -2.07. The van der Waals surface area contributed by atoms with Crippen molar-refractivity contribution in [3.63, 3.8) is 0 Å².